The van der Waals surface area contributed by atoms with Crippen LogP contribution in [0.2, 0.25) is 0 Å². The van der Waals surface area contributed by atoms with Crippen LogP contribution in [0.3, 0.4) is 0 Å². The normalized spacial score (nSPS) is 10.5. The van der Waals surface area contributed by atoms with Gasteiger partial charge in [-0.05, 0) is 17.5 Å². The predicted octanol–water partition coefficient (Wildman–Crippen LogP) is 1.69. The average Bonchev–Trinajstić information content (AvgIpc) is 2.37. The molecule has 0 spiro atoms. The fraction of sp³-hybridized carbons (Fsp3) is 0.429. The molecular formula is C14H19NO3. The zero-order valence-electron chi connectivity index (χ0n) is 11.0. The molecule has 0 bridgehead atoms. The second-order valence-corrected chi connectivity index (χ2v) is 4.57. The van der Waals surface area contributed by atoms with E-state index in [2.05, 4.69) is 0 Å². The first-order valence-electron chi connectivity index (χ1n) is 5.96. The van der Waals surface area contributed by atoms with Crippen LogP contribution in [0.1, 0.15) is 46.0 Å². The molecule has 1 rings (SSSR count). The summed E-state index contributed by atoms with van der Waals surface area (Å²) in [6.45, 7) is 4.22. The summed E-state index contributed by atoms with van der Waals surface area (Å²) in [4.78, 5) is 24.5. The number of aliphatic hydroxyl groups is 1. The fourth-order valence-corrected chi connectivity index (χ4v) is 1.68. The number of carbonyl (C=O) groups is 2. The van der Waals surface area contributed by atoms with Crippen molar-refractivity contribution in [3.63, 3.8) is 0 Å². The quantitative estimate of drug-likeness (QED) is 0.808. The Kier molecular flexibility index (Phi) is 5.04. The highest BCUT2D eigenvalue weighted by Gasteiger charge is 2.16. The van der Waals surface area contributed by atoms with Crippen molar-refractivity contribution in [1.82, 2.24) is 4.90 Å². The first-order chi connectivity index (χ1) is 8.51. The lowest BCUT2D eigenvalue weighted by atomic mass is 9.97. The SMILES string of the molecule is CC(C)c1ccc(C=O)c(C(=O)N(C)CCO)c1. The van der Waals surface area contributed by atoms with E-state index in [9.17, 15) is 9.59 Å². The van der Waals surface area contributed by atoms with E-state index in [-0.39, 0.29) is 19.1 Å². The average molecular weight is 249 g/mol. The summed E-state index contributed by atoms with van der Waals surface area (Å²) in [5, 5.41) is 8.84. The highest BCUT2D eigenvalue weighted by Crippen LogP contribution is 2.19. The van der Waals surface area contributed by atoms with Crippen LogP contribution in [0.4, 0.5) is 0 Å². The van der Waals surface area contributed by atoms with Gasteiger partial charge in [-0.15, -0.1) is 0 Å². The summed E-state index contributed by atoms with van der Waals surface area (Å²) in [6, 6.07) is 5.28. The third-order valence-corrected chi connectivity index (χ3v) is 2.88. The molecule has 4 heteroatoms. The predicted molar refractivity (Wildman–Crippen MR) is 70.0 cm³/mol. The van der Waals surface area contributed by atoms with Crippen molar-refractivity contribution in [2.75, 3.05) is 20.2 Å². The number of aldehydes is 1. The van der Waals surface area contributed by atoms with Gasteiger partial charge in [-0.3, -0.25) is 9.59 Å². The Hall–Kier alpha value is -1.68. The summed E-state index contributed by atoms with van der Waals surface area (Å²) < 4.78 is 0. The number of nitrogens with zero attached hydrogens (tertiary/aromatic N) is 1. The number of hydrogen-bond donors (Lipinski definition) is 1. The lowest BCUT2D eigenvalue weighted by Gasteiger charge is -2.18. The molecular weight excluding hydrogens is 230 g/mol. The van der Waals surface area contributed by atoms with E-state index >= 15 is 0 Å². The lowest BCUT2D eigenvalue weighted by Crippen LogP contribution is -2.30. The molecule has 1 aromatic rings. The van der Waals surface area contributed by atoms with Crippen LogP contribution in [0.15, 0.2) is 18.2 Å². The van der Waals surface area contributed by atoms with Crippen LogP contribution in [-0.4, -0.2) is 42.4 Å². The second kappa shape index (κ2) is 6.31. The van der Waals surface area contributed by atoms with Gasteiger partial charge in [0.15, 0.2) is 6.29 Å². The van der Waals surface area contributed by atoms with Crippen LogP contribution in [0.5, 0.6) is 0 Å². The smallest absolute Gasteiger partial charge is 0.254 e. The van der Waals surface area contributed by atoms with E-state index in [0.29, 0.717) is 23.3 Å². The Balaban J connectivity index is 3.15. The van der Waals surface area contributed by atoms with Crippen LogP contribution >= 0.6 is 0 Å². The summed E-state index contributed by atoms with van der Waals surface area (Å²) in [5.74, 6) is 0.0500. The minimum atomic E-state index is -0.242. The highest BCUT2D eigenvalue weighted by atomic mass is 16.3. The number of carbonyl (C=O) groups excluding carboxylic acids is 2. The Morgan fingerprint density at radius 1 is 1.44 bits per heavy atom. The van der Waals surface area contributed by atoms with Gasteiger partial charge in [0, 0.05) is 19.2 Å². The van der Waals surface area contributed by atoms with Gasteiger partial charge in [0.05, 0.1) is 12.2 Å². The van der Waals surface area contributed by atoms with Gasteiger partial charge in [-0.25, -0.2) is 0 Å². The minimum Gasteiger partial charge on any atom is -0.395 e. The molecule has 98 valence electrons. The molecule has 0 aliphatic heterocycles. The Morgan fingerprint density at radius 3 is 2.61 bits per heavy atom. The maximum Gasteiger partial charge on any atom is 0.254 e. The van der Waals surface area contributed by atoms with E-state index in [1.165, 1.54) is 4.90 Å². The van der Waals surface area contributed by atoms with Crippen molar-refractivity contribution in [3.05, 3.63) is 34.9 Å². The van der Waals surface area contributed by atoms with E-state index in [1.54, 1.807) is 19.2 Å². The molecule has 0 saturated carbocycles. The largest absolute Gasteiger partial charge is 0.395 e. The molecule has 0 radical (unpaired) electrons. The summed E-state index contributed by atoms with van der Waals surface area (Å²) in [5.41, 5.74) is 1.79. The first kappa shape index (κ1) is 14.4. The van der Waals surface area contributed by atoms with E-state index in [1.807, 2.05) is 19.9 Å². The molecule has 0 fully saturated rings. The number of hydrogen-bond acceptors (Lipinski definition) is 3. The third-order valence-electron chi connectivity index (χ3n) is 2.88. The zero-order valence-corrected chi connectivity index (χ0v) is 11.0. The molecule has 0 aliphatic carbocycles. The van der Waals surface area contributed by atoms with Crippen molar-refractivity contribution in [2.45, 2.75) is 19.8 Å². The van der Waals surface area contributed by atoms with Crippen LogP contribution in [0, 0.1) is 0 Å². The maximum atomic E-state index is 12.1. The molecule has 0 aromatic heterocycles. The monoisotopic (exact) mass is 249 g/mol. The van der Waals surface area contributed by atoms with Gasteiger partial charge in [-0.1, -0.05) is 26.0 Å². The van der Waals surface area contributed by atoms with Gasteiger partial charge < -0.3 is 10.0 Å². The minimum absolute atomic E-state index is 0.0947. The summed E-state index contributed by atoms with van der Waals surface area (Å²) in [7, 11) is 1.61. The number of rotatable bonds is 5. The number of likely N-dealkylation sites (N-methyl/N-ethyl adjacent to an activating group) is 1. The van der Waals surface area contributed by atoms with E-state index in [4.69, 9.17) is 5.11 Å². The number of benzene rings is 1. The molecule has 18 heavy (non-hydrogen) atoms. The molecule has 1 amide bonds. The van der Waals surface area contributed by atoms with Crippen molar-refractivity contribution in [2.24, 2.45) is 0 Å². The molecule has 0 saturated heterocycles. The van der Waals surface area contributed by atoms with Crippen LogP contribution in [0.25, 0.3) is 0 Å². The molecule has 0 aliphatic rings. The van der Waals surface area contributed by atoms with E-state index in [0.717, 1.165) is 5.56 Å². The van der Waals surface area contributed by atoms with Gasteiger partial charge in [0.1, 0.15) is 0 Å². The Labute approximate surface area is 107 Å². The lowest BCUT2D eigenvalue weighted by molar-refractivity contribution is 0.0764. The highest BCUT2D eigenvalue weighted by molar-refractivity contribution is 6.01. The second-order valence-electron chi connectivity index (χ2n) is 4.57. The van der Waals surface area contributed by atoms with Crippen LogP contribution in [-0.2, 0) is 0 Å². The van der Waals surface area contributed by atoms with Crippen molar-refractivity contribution < 1.29 is 14.7 Å². The topological polar surface area (TPSA) is 57.6 Å². The van der Waals surface area contributed by atoms with Crippen molar-refractivity contribution in [3.8, 4) is 0 Å². The van der Waals surface area contributed by atoms with Crippen molar-refractivity contribution >= 4 is 12.2 Å². The van der Waals surface area contributed by atoms with Gasteiger partial charge >= 0.3 is 0 Å². The molecule has 0 atom stereocenters. The molecule has 1 N–H and O–H groups in total. The Bertz CT molecular complexity index is 441. The zero-order chi connectivity index (χ0) is 13.7. The standard InChI is InChI=1S/C14H19NO3/c1-10(2)11-4-5-12(9-17)13(8-11)14(18)15(3)6-7-16/h4-5,8-10,16H,6-7H2,1-3H3. The molecule has 1 aromatic carbocycles. The number of aliphatic hydroxyl groups excluding tert-OH is 1. The summed E-state index contributed by atoms with van der Waals surface area (Å²) in [6.07, 6.45) is 0.685. The maximum absolute atomic E-state index is 12.1. The molecule has 0 heterocycles. The Morgan fingerprint density at radius 2 is 2.11 bits per heavy atom. The molecule has 4 nitrogen and oxygen atoms in total. The fourth-order valence-electron chi connectivity index (χ4n) is 1.68. The van der Waals surface area contributed by atoms with Gasteiger partial charge in [0.2, 0.25) is 0 Å². The number of amides is 1. The summed E-state index contributed by atoms with van der Waals surface area (Å²) >= 11 is 0. The van der Waals surface area contributed by atoms with Crippen molar-refractivity contribution in [1.29, 1.82) is 0 Å². The van der Waals surface area contributed by atoms with Gasteiger partial charge in [0.25, 0.3) is 5.91 Å². The van der Waals surface area contributed by atoms with E-state index < -0.39 is 0 Å². The van der Waals surface area contributed by atoms with Gasteiger partial charge in [-0.2, -0.15) is 0 Å². The first-order valence-corrected chi connectivity index (χ1v) is 5.96. The molecule has 0 unspecified atom stereocenters. The van der Waals surface area contributed by atoms with Crippen LogP contribution < -0.4 is 0 Å². The third kappa shape index (κ3) is 3.17.